The van der Waals surface area contributed by atoms with E-state index in [-0.39, 0.29) is 21.7 Å². The summed E-state index contributed by atoms with van der Waals surface area (Å²) in [6, 6.07) is 125. The van der Waals surface area contributed by atoms with E-state index >= 15 is 0 Å². The van der Waals surface area contributed by atoms with Crippen LogP contribution in [0.4, 0.5) is 0 Å². The van der Waals surface area contributed by atoms with Crippen LogP contribution in [0.15, 0.2) is 328 Å². The third-order valence-corrected chi connectivity index (χ3v) is 26.7. The fourth-order valence-corrected chi connectivity index (χ4v) is 20.8. The number of hydrogen-bond acceptors (Lipinski definition) is 0. The SMILES string of the molecule is CC1(C)c2ccccc2-c2cc(-c3ccc4c(c3)c3cc(-c5ccc6c(c5)-c5ccccc5C6(C)C)ccc3n4-c3ccc(-c4ccc5[nH]c6ccc(-c7ccc(-n8c9ccc(-c%10ccc%11c(c%10)-c%10ccccc%10C%11(C)C)cc9c9cc(-c%10ccc%11c(c%10)-c%10ccccc%10C%11(C)C)ccc98)cc7)cc6c5c4)cc3)ccc21. The number of aromatic amines is 1. The van der Waals surface area contributed by atoms with Gasteiger partial charge in [-0.25, -0.2) is 0 Å². The van der Waals surface area contributed by atoms with E-state index < -0.39 is 0 Å². The first kappa shape index (κ1) is 64.0. The molecule has 0 unspecified atom stereocenters. The molecule has 3 heteroatoms. The van der Waals surface area contributed by atoms with Crippen molar-refractivity contribution in [2.24, 2.45) is 0 Å². The number of aromatic nitrogens is 3. The Bertz CT molecular complexity index is 6530. The number of benzene rings is 16. The molecule has 4 aliphatic rings. The minimum Gasteiger partial charge on any atom is -0.355 e. The van der Waals surface area contributed by atoms with Crippen molar-refractivity contribution in [2.45, 2.75) is 77.0 Å². The first-order valence-electron chi connectivity index (χ1n) is 39.4. The Morgan fingerprint density at radius 3 is 0.667 bits per heavy atom. The summed E-state index contributed by atoms with van der Waals surface area (Å²) in [6.07, 6.45) is 0. The molecule has 23 rings (SSSR count). The molecule has 1 N–H and O–H groups in total. The van der Waals surface area contributed by atoms with Gasteiger partial charge in [0.05, 0.1) is 22.1 Å². The van der Waals surface area contributed by atoms with Gasteiger partial charge in [-0.2, -0.15) is 0 Å². The number of nitrogens with one attached hydrogen (secondary N) is 1. The fourth-order valence-electron chi connectivity index (χ4n) is 20.8. The maximum Gasteiger partial charge on any atom is 0.0541 e. The van der Waals surface area contributed by atoms with E-state index in [2.05, 4.69) is 397 Å². The zero-order valence-corrected chi connectivity index (χ0v) is 63.6. The smallest absolute Gasteiger partial charge is 0.0541 e. The van der Waals surface area contributed by atoms with Crippen molar-refractivity contribution in [1.29, 1.82) is 0 Å². The average molecular weight is 1420 g/mol. The minimum absolute atomic E-state index is 0.0546. The maximum absolute atomic E-state index is 3.78. The molecule has 0 aliphatic heterocycles. The van der Waals surface area contributed by atoms with Crippen LogP contribution in [0, 0.1) is 0 Å². The predicted octanol–water partition coefficient (Wildman–Crippen LogP) is 28.7. The summed E-state index contributed by atoms with van der Waals surface area (Å²) in [7, 11) is 0. The van der Waals surface area contributed by atoms with Crippen molar-refractivity contribution in [3.05, 3.63) is 372 Å². The Hall–Kier alpha value is -13.1. The van der Waals surface area contributed by atoms with Crippen molar-refractivity contribution in [3.63, 3.8) is 0 Å². The fraction of sp³-hybridized carbons (Fsp3) is 0.111. The van der Waals surface area contributed by atoms with Crippen LogP contribution in [0.25, 0.3) is 188 Å². The molecule has 4 aliphatic carbocycles. The third kappa shape index (κ3) is 9.15. The molecule has 526 valence electrons. The van der Waals surface area contributed by atoms with E-state index in [0.29, 0.717) is 0 Å². The summed E-state index contributed by atoms with van der Waals surface area (Å²) < 4.78 is 4.95. The van der Waals surface area contributed by atoms with Crippen LogP contribution >= 0.6 is 0 Å². The summed E-state index contributed by atoms with van der Waals surface area (Å²) >= 11 is 0. The highest BCUT2D eigenvalue weighted by Gasteiger charge is 2.39. The van der Waals surface area contributed by atoms with Gasteiger partial charge in [0.2, 0.25) is 0 Å². The van der Waals surface area contributed by atoms with Crippen LogP contribution in [-0.2, 0) is 21.7 Å². The Morgan fingerprint density at radius 2 is 0.387 bits per heavy atom. The average Bonchev–Trinajstić information content (AvgIpc) is 1.33. The largest absolute Gasteiger partial charge is 0.355 e. The third-order valence-electron chi connectivity index (χ3n) is 26.7. The van der Waals surface area contributed by atoms with E-state index in [9.17, 15) is 0 Å². The van der Waals surface area contributed by atoms with Crippen LogP contribution in [0.1, 0.15) is 99.9 Å². The molecular weight excluding hydrogens is 1340 g/mol. The van der Waals surface area contributed by atoms with Crippen LogP contribution in [0.3, 0.4) is 0 Å². The molecule has 0 saturated heterocycles. The molecular formula is C108H79N3. The first-order chi connectivity index (χ1) is 54.0. The van der Waals surface area contributed by atoms with Gasteiger partial charge in [-0.05, 0) is 277 Å². The van der Waals surface area contributed by atoms with E-state index in [4.69, 9.17) is 0 Å². The zero-order valence-electron chi connectivity index (χ0n) is 63.6. The highest BCUT2D eigenvalue weighted by Crippen LogP contribution is 2.55. The molecule has 111 heavy (non-hydrogen) atoms. The highest BCUT2D eigenvalue weighted by molar-refractivity contribution is 6.14. The van der Waals surface area contributed by atoms with Gasteiger partial charge in [0.15, 0.2) is 0 Å². The summed E-state index contributed by atoms with van der Waals surface area (Å²) in [4.78, 5) is 3.78. The highest BCUT2D eigenvalue weighted by atomic mass is 15.0. The van der Waals surface area contributed by atoms with E-state index in [0.717, 1.165) is 22.4 Å². The standard InChI is InChI=1S/C108H79N3/c1-105(2)91-21-13-9-17-77(91)81-53-67(29-43-95(81)105)71-35-49-101-87(59-71)88-60-72(68-30-44-96-82(54-68)78-18-10-14-22-92(78)106(96,3)4)36-50-102(88)110(101)75-39-25-63(26-40-75)65-33-47-99-85(57-65)86-58-66(34-48-100(86)109-99)64-27-41-76(42-28-64)111-103-51-37-73(69-31-45-97-83(55-69)79-19-11-15-23-93(79)107(97,5)6)61-89(103)90-62-74(38-52-104(90)111)70-32-46-98-84(56-70)80-20-12-16-24-94(80)108(98,7)8/h9-62,109H,1-8H3. The molecule has 3 nitrogen and oxygen atoms in total. The molecule has 0 amide bonds. The second kappa shape index (κ2) is 22.8. The second-order valence-electron chi connectivity index (χ2n) is 34.1. The molecule has 0 atom stereocenters. The first-order valence-corrected chi connectivity index (χ1v) is 39.4. The number of nitrogens with zero attached hydrogens (tertiary/aromatic N) is 2. The van der Waals surface area contributed by atoms with E-state index in [1.807, 2.05) is 0 Å². The molecule has 0 spiro atoms. The van der Waals surface area contributed by atoms with E-state index in [1.54, 1.807) is 0 Å². The van der Waals surface area contributed by atoms with Crippen LogP contribution < -0.4 is 0 Å². The van der Waals surface area contributed by atoms with Gasteiger partial charge in [-0.3, -0.25) is 0 Å². The molecule has 3 heterocycles. The quantitative estimate of drug-likeness (QED) is 0.157. The van der Waals surface area contributed by atoms with Crippen LogP contribution in [0.2, 0.25) is 0 Å². The lowest BCUT2D eigenvalue weighted by molar-refractivity contribution is 0.660. The second-order valence-corrected chi connectivity index (χ2v) is 34.1. The van der Waals surface area contributed by atoms with Crippen molar-refractivity contribution in [3.8, 4) is 123 Å². The predicted molar refractivity (Wildman–Crippen MR) is 467 cm³/mol. The number of fused-ring (bicyclic) bond motifs is 21. The van der Waals surface area contributed by atoms with Gasteiger partial charge in [-0.15, -0.1) is 0 Å². The summed E-state index contributed by atoms with van der Waals surface area (Å²) in [6.45, 7) is 18.9. The lowest BCUT2D eigenvalue weighted by atomic mass is 9.82. The van der Waals surface area contributed by atoms with Crippen molar-refractivity contribution >= 4 is 65.4 Å². The Balaban J connectivity index is 0.590. The number of H-pyrrole nitrogens is 1. The maximum atomic E-state index is 3.78. The summed E-state index contributed by atoms with van der Waals surface area (Å²) in [5.74, 6) is 0. The van der Waals surface area contributed by atoms with Crippen LogP contribution in [0.5, 0.6) is 0 Å². The van der Waals surface area contributed by atoms with Gasteiger partial charge in [0.25, 0.3) is 0 Å². The summed E-state index contributed by atoms with van der Waals surface area (Å²) in [5, 5.41) is 7.35. The van der Waals surface area contributed by atoms with Gasteiger partial charge in [0.1, 0.15) is 0 Å². The molecule has 0 bridgehead atoms. The molecule has 0 saturated carbocycles. The zero-order chi connectivity index (χ0) is 74.3. The Morgan fingerprint density at radius 1 is 0.180 bits per heavy atom. The molecule has 19 aromatic rings. The Labute approximate surface area is 647 Å². The molecule has 0 radical (unpaired) electrons. The topological polar surface area (TPSA) is 25.6 Å². The van der Waals surface area contributed by atoms with Crippen molar-refractivity contribution in [1.82, 2.24) is 14.1 Å². The van der Waals surface area contributed by atoms with Crippen LogP contribution in [-0.4, -0.2) is 14.1 Å². The Kier molecular flexibility index (Phi) is 13.1. The number of rotatable bonds is 8. The normalized spacial score (nSPS) is 14.8. The van der Waals surface area contributed by atoms with Crippen molar-refractivity contribution < 1.29 is 0 Å². The van der Waals surface area contributed by atoms with E-state index in [1.165, 1.54) is 210 Å². The molecule has 16 aromatic carbocycles. The van der Waals surface area contributed by atoms with Gasteiger partial charge in [-0.1, -0.05) is 262 Å². The minimum atomic E-state index is -0.0546. The molecule has 3 aromatic heterocycles. The monoisotopic (exact) mass is 1420 g/mol. The number of hydrogen-bond donors (Lipinski definition) is 1. The molecule has 0 fully saturated rings. The lowest BCUT2D eigenvalue weighted by Crippen LogP contribution is -2.14. The summed E-state index contributed by atoms with van der Waals surface area (Å²) in [5.41, 5.74) is 45.3. The van der Waals surface area contributed by atoms with Gasteiger partial charge < -0.3 is 14.1 Å². The lowest BCUT2D eigenvalue weighted by Gasteiger charge is -2.21. The van der Waals surface area contributed by atoms with Gasteiger partial charge in [0, 0.05) is 76.4 Å². The van der Waals surface area contributed by atoms with Gasteiger partial charge >= 0.3 is 0 Å². The van der Waals surface area contributed by atoms with Crippen molar-refractivity contribution in [2.75, 3.05) is 0 Å².